The van der Waals surface area contributed by atoms with Crippen LogP contribution >= 0.6 is 11.8 Å². The van der Waals surface area contributed by atoms with Crippen molar-refractivity contribution in [2.45, 2.75) is 68.5 Å². The molecule has 1 aliphatic rings. The van der Waals surface area contributed by atoms with E-state index in [0.717, 1.165) is 28.9 Å². The Morgan fingerprint density at radius 3 is 2.23 bits per heavy atom. The number of thioether (sulfide) groups is 1. The van der Waals surface area contributed by atoms with Crippen LogP contribution in [0.15, 0.2) is 83.8 Å². The molecule has 7 nitrogen and oxygen atoms in total. The zero-order valence-electron chi connectivity index (χ0n) is 21.8. The lowest BCUT2D eigenvalue weighted by Crippen LogP contribution is -2.31. The van der Waals surface area contributed by atoms with Crippen molar-refractivity contribution in [1.82, 2.24) is 0 Å². The predicted octanol–water partition coefficient (Wildman–Crippen LogP) is 6.49. The molecular weight excluding hydrogens is 514 g/mol. The van der Waals surface area contributed by atoms with Gasteiger partial charge in [-0.25, -0.2) is 0 Å². The third kappa shape index (κ3) is 9.21. The van der Waals surface area contributed by atoms with Crippen molar-refractivity contribution in [3.63, 3.8) is 0 Å². The highest BCUT2D eigenvalue weighted by atomic mass is 32.2. The monoisotopic (exact) mass is 549 g/mol. The fraction of sp³-hybridized carbons (Fsp3) is 0.355. The summed E-state index contributed by atoms with van der Waals surface area (Å²) < 4.78 is 12.8. The van der Waals surface area contributed by atoms with Gasteiger partial charge in [0.05, 0.1) is 18.8 Å². The maximum Gasteiger partial charge on any atom is 0.303 e. The number of hydrogen-bond acceptors (Lipinski definition) is 6. The van der Waals surface area contributed by atoms with Gasteiger partial charge in [-0.05, 0) is 48.2 Å². The minimum absolute atomic E-state index is 0.00148. The first-order chi connectivity index (χ1) is 19.0. The second-order valence-electron chi connectivity index (χ2n) is 9.60. The summed E-state index contributed by atoms with van der Waals surface area (Å²) in [5, 5.41) is 21.0. The predicted molar refractivity (Wildman–Crippen MR) is 151 cm³/mol. The van der Waals surface area contributed by atoms with E-state index in [1.54, 1.807) is 11.8 Å². The van der Waals surface area contributed by atoms with Crippen molar-refractivity contribution in [3.05, 3.63) is 95.6 Å². The SMILES string of the molecule is O=C(O)CCCCCC(=O)Nc1ccc([C@H]2O[C@@H](CSc3ccccc3)C[C@@H](c3ccc(CO)cc3)O2)cc1. The standard InChI is InChI=1S/C31H35NO6S/c33-20-22-11-13-23(14-12-22)28-19-26(21-39-27-7-3-1-4-8-27)37-31(38-28)24-15-17-25(18-16-24)32-29(34)9-5-2-6-10-30(35)36/h1,3-4,7-8,11-18,26,28,31,33H,2,5-6,9-10,19-21H2,(H,32,34)(H,35,36)/t26-,28+,31+/m1/s1. The quantitative estimate of drug-likeness (QED) is 0.165. The molecular formula is C31H35NO6S. The summed E-state index contributed by atoms with van der Waals surface area (Å²) in [4.78, 5) is 24.1. The molecule has 1 saturated heterocycles. The Morgan fingerprint density at radius 2 is 1.54 bits per heavy atom. The Bertz CT molecular complexity index is 1190. The third-order valence-corrected chi connectivity index (χ3v) is 7.70. The number of carboxylic acids is 1. The molecule has 0 saturated carbocycles. The molecule has 3 atom stereocenters. The van der Waals surface area contributed by atoms with Crippen molar-refractivity contribution in [2.24, 2.45) is 0 Å². The highest BCUT2D eigenvalue weighted by molar-refractivity contribution is 7.99. The van der Waals surface area contributed by atoms with Gasteiger partial charge in [0, 0.05) is 41.2 Å². The lowest BCUT2D eigenvalue weighted by Gasteiger charge is -2.36. The van der Waals surface area contributed by atoms with E-state index in [0.29, 0.717) is 31.4 Å². The maximum atomic E-state index is 12.3. The first-order valence-electron chi connectivity index (χ1n) is 13.3. The van der Waals surface area contributed by atoms with Gasteiger partial charge in [-0.2, -0.15) is 0 Å². The average Bonchev–Trinajstić information content (AvgIpc) is 2.96. The van der Waals surface area contributed by atoms with Crippen molar-refractivity contribution in [2.75, 3.05) is 11.1 Å². The molecule has 3 aromatic carbocycles. The maximum absolute atomic E-state index is 12.3. The topological polar surface area (TPSA) is 105 Å². The molecule has 0 unspecified atom stereocenters. The molecule has 0 aliphatic carbocycles. The second kappa shape index (κ2) is 14.8. The van der Waals surface area contributed by atoms with Gasteiger partial charge in [-0.15, -0.1) is 11.8 Å². The molecule has 1 amide bonds. The highest BCUT2D eigenvalue weighted by Gasteiger charge is 2.32. The number of benzene rings is 3. The van der Waals surface area contributed by atoms with E-state index >= 15 is 0 Å². The molecule has 1 aliphatic heterocycles. The smallest absolute Gasteiger partial charge is 0.303 e. The van der Waals surface area contributed by atoms with Crippen LogP contribution in [0.4, 0.5) is 5.69 Å². The number of carbonyl (C=O) groups excluding carboxylic acids is 1. The summed E-state index contributed by atoms with van der Waals surface area (Å²) in [5.74, 6) is -0.110. The number of nitrogens with one attached hydrogen (secondary N) is 1. The minimum atomic E-state index is -0.808. The van der Waals surface area contributed by atoms with Crippen LogP contribution in [0.3, 0.4) is 0 Å². The first-order valence-corrected chi connectivity index (χ1v) is 14.3. The third-order valence-electron chi connectivity index (χ3n) is 6.56. The first kappa shape index (κ1) is 28.8. The zero-order chi connectivity index (χ0) is 27.5. The summed E-state index contributed by atoms with van der Waals surface area (Å²) >= 11 is 1.76. The lowest BCUT2D eigenvalue weighted by atomic mass is 10.0. The molecule has 3 aromatic rings. The number of carbonyl (C=O) groups is 2. The Morgan fingerprint density at radius 1 is 0.846 bits per heavy atom. The van der Waals surface area contributed by atoms with Crippen molar-refractivity contribution >= 4 is 29.3 Å². The van der Waals surface area contributed by atoms with E-state index in [1.165, 1.54) is 4.90 Å². The molecule has 0 spiro atoms. The molecule has 8 heteroatoms. The number of carboxylic acid groups (broad SMARTS) is 1. The van der Waals surface area contributed by atoms with Gasteiger partial charge in [-0.1, -0.05) is 61.0 Å². The number of unbranched alkanes of at least 4 members (excludes halogenated alkanes) is 2. The molecule has 0 aromatic heterocycles. The van der Waals surface area contributed by atoms with Crippen LogP contribution in [-0.2, 0) is 25.7 Å². The molecule has 4 rings (SSSR count). The van der Waals surface area contributed by atoms with Crippen LogP contribution in [0.1, 0.15) is 67.6 Å². The summed E-state index contributed by atoms with van der Waals surface area (Å²) in [6.45, 7) is 0.00148. The van der Waals surface area contributed by atoms with E-state index < -0.39 is 12.3 Å². The summed E-state index contributed by atoms with van der Waals surface area (Å²) in [5.41, 5.74) is 3.46. The highest BCUT2D eigenvalue weighted by Crippen LogP contribution is 2.39. The van der Waals surface area contributed by atoms with Gasteiger partial charge in [-0.3, -0.25) is 9.59 Å². The van der Waals surface area contributed by atoms with E-state index in [2.05, 4.69) is 17.4 Å². The number of aliphatic carboxylic acids is 1. The number of amides is 1. The van der Waals surface area contributed by atoms with E-state index in [1.807, 2.05) is 66.7 Å². The van der Waals surface area contributed by atoms with Crippen LogP contribution in [-0.4, -0.2) is 33.9 Å². The van der Waals surface area contributed by atoms with Gasteiger partial charge in [0.15, 0.2) is 6.29 Å². The summed E-state index contributed by atoms with van der Waals surface area (Å²) in [7, 11) is 0. The van der Waals surface area contributed by atoms with Crippen molar-refractivity contribution < 1.29 is 29.3 Å². The van der Waals surface area contributed by atoms with Crippen LogP contribution in [0, 0.1) is 0 Å². The lowest BCUT2D eigenvalue weighted by molar-refractivity contribution is -0.245. The van der Waals surface area contributed by atoms with Crippen LogP contribution in [0.2, 0.25) is 0 Å². The van der Waals surface area contributed by atoms with Crippen molar-refractivity contribution in [1.29, 1.82) is 0 Å². The molecule has 0 bridgehead atoms. The van der Waals surface area contributed by atoms with Crippen LogP contribution in [0.25, 0.3) is 0 Å². The number of ether oxygens (including phenoxy) is 2. The minimum Gasteiger partial charge on any atom is -0.481 e. The van der Waals surface area contributed by atoms with Crippen molar-refractivity contribution in [3.8, 4) is 0 Å². The van der Waals surface area contributed by atoms with Crippen LogP contribution in [0.5, 0.6) is 0 Å². The van der Waals surface area contributed by atoms with Gasteiger partial charge in [0.1, 0.15) is 0 Å². The summed E-state index contributed by atoms with van der Waals surface area (Å²) in [6, 6.07) is 25.6. The second-order valence-corrected chi connectivity index (χ2v) is 10.7. The normalized spacial score (nSPS) is 18.9. The van der Waals surface area contributed by atoms with Crippen LogP contribution < -0.4 is 5.32 Å². The molecule has 3 N–H and O–H groups in total. The number of aliphatic hydroxyl groups excluding tert-OH is 1. The zero-order valence-corrected chi connectivity index (χ0v) is 22.6. The molecule has 39 heavy (non-hydrogen) atoms. The number of anilines is 1. The Kier molecular flexibility index (Phi) is 11.0. The molecule has 1 fully saturated rings. The van der Waals surface area contributed by atoms with Gasteiger partial charge < -0.3 is 25.0 Å². The van der Waals surface area contributed by atoms with Gasteiger partial charge in [0.2, 0.25) is 5.91 Å². The fourth-order valence-electron chi connectivity index (χ4n) is 4.41. The number of aliphatic hydroxyl groups is 1. The number of rotatable bonds is 13. The van der Waals surface area contributed by atoms with Gasteiger partial charge in [0.25, 0.3) is 0 Å². The van der Waals surface area contributed by atoms with E-state index in [-0.39, 0.29) is 31.1 Å². The molecule has 0 radical (unpaired) electrons. The largest absolute Gasteiger partial charge is 0.481 e. The average molecular weight is 550 g/mol. The molecule has 1 heterocycles. The van der Waals surface area contributed by atoms with E-state index in [4.69, 9.17) is 14.6 Å². The Labute approximate surface area is 233 Å². The fourth-order valence-corrected chi connectivity index (χ4v) is 5.36. The Balaban J connectivity index is 1.38. The van der Waals surface area contributed by atoms with E-state index in [9.17, 15) is 14.7 Å². The molecule has 206 valence electrons. The van der Waals surface area contributed by atoms with Gasteiger partial charge >= 0.3 is 5.97 Å². The Hall–Kier alpha value is -3.17. The summed E-state index contributed by atoms with van der Waals surface area (Å²) in [6.07, 6.45) is 2.41. The number of hydrogen-bond donors (Lipinski definition) is 3.